The van der Waals surface area contributed by atoms with E-state index in [1.165, 1.54) is 0 Å². The normalized spacial score (nSPS) is 15.9. The van der Waals surface area contributed by atoms with E-state index in [-0.39, 0.29) is 11.3 Å². The third-order valence-corrected chi connectivity index (χ3v) is 0.901. The number of pyridine rings is 1. The number of aryl methyl sites for hydroxylation is 1. The van der Waals surface area contributed by atoms with Crippen LogP contribution in [0.25, 0.3) is 0 Å². The fourth-order valence-corrected chi connectivity index (χ4v) is 0.440. The Morgan fingerprint density at radius 3 is 3.22 bits per heavy atom. The molecule has 0 radical (unpaired) electrons. The van der Waals surface area contributed by atoms with Crippen LogP contribution >= 0.6 is 0 Å². The average Bonchev–Trinajstić information content (AvgIpc) is 1.92. The Labute approximate surface area is 56.7 Å². The molecule has 2 nitrogen and oxygen atoms in total. The molecule has 2 N–H and O–H groups in total. The summed E-state index contributed by atoms with van der Waals surface area (Å²) >= 11 is 0. The van der Waals surface area contributed by atoms with Crippen LogP contribution < -0.4 is 5.73 Å². The molecular formula is C6H7FN2. The molecule has 0 aliphatic carbocycles. The smallest absolute Gasteiger partial charge is 0.213 e. The summed E-state index contributed by atoms with van der Waals surface area (Å²) in [5.74, 6) is -0.838. The Morgan fingerprint density at radius 1 is 1.89 bits per heavy atom. The number of rotatable bonds is 0. The minimum atomic E-state index is -2.38. The summed E-state index contributed by atoms with van der Waals surface area (Å²) in [5, 5.41) is 0. The Balaban J connectivity index is 3.23. The highest BCUT2D eigenvalue weighted by Gasteiger charge is 1.93. The average molecular weight is 129 g/mol. The van der Waals surface area contributed by atoms with Gasteiger partial charge in [0.2, 0.25) is 5.95 Å². The maximum Gasteiger partial charge on any atom is 0.213 e. The van der Waals surface area contributed by atoms with Crippen molar-refractivity contribution in [3.05, 3.63) is 23.8 Å². The van der Waals surface area contributed by atoms with Crippen LogP contribution in [0, 0.1) is 12.8 Å². The molecular weight excluding hydrogens is 119 g/mol. The molecule has 0 unspecified atom stereocenters. The molecule has 0 spiro atoms. The van der Waals surface area contributed by atoms with E-state index < -0.39 is 12.8 Å². The van der Waals surface area contributed by atoms with Crippen molar-refractivity contribution >= 4 is 5.69 Å². The lowest BCUT2D eigenvalue weighted by atomic mass is 10.3. The largest absolute Gasteiger partial charge is 0.397 e. The summed E-state index contributed by atoms with van der Waals surface area (Å²) in [6.45, 7) is -2.38. The first kappa shape index (κ1) is 3.15. The van der Waals surface area contributed by atoms with Gasteiger partial charge in [-0.15, -0.1) is 0 Å². The maximum absolute atomic E-state index is 12.5. The number of nitrogens with two attached hydrogens (primary N) is 1. The first-order valence-corrected chi connectivity index (χ1v) is 2.33. The highest BCUT2D eigenvalue weighted by Crippen LogP contribution is 2.07. The molecule has 1 rings (SSSR count). The summed E-state index contributed by atoms with van der Waals surface area (Å²) in [7, 11) is 0. The van der Waals surface area contributed by atoms with E-state index in [0.717, 1.165) is 12.3 Å². The second-order valence-electron chi connectivity index (χ2n) is 1.59. The summed E-state index contributed by atoms with van der Waals surface area (Å²) in [6.07, 6.45) is 0.997. The van der Waals surface area contributed by atoms with E-state index in [1.807, 2.05) is 0 Å². The SMILES string of the molecule is [2H]C([2H])([2H])c1cc(F)ncc1N. The van der Waals surface area contributed by atoms with E-state index in [9.17, 15) is 4.39 Å². The fourth-order valence-electron chi connectivity index (χ4n) is 0.440. The van der Waals surface area contributed by atoms with E-state index in [0.29, 0.717) is 0 Å². The molecule has 9 heavy (non-hydrogen) atoms. The lowest BCUT2D eigenvalue weighted by Gasteiger charge is -1.95. The van der Waals surface area contributed by atoms with Gasteiger partial charge in [-0.2, -0.15) is 4.39 Å². The second kappa shape index (κ2) is 2.01. The predicted octanol–water partition coefficient (Wildman–Crippen LogP) is 1.11. The third-order valence-electron chi connectivity index (χ3n) is 0.901. The highest BCUT2D eigenvalue weighted by molar-refractivity contribution is 5.42. The quantitative estimate of drug-likeness (QED) is 0.533. The third kappa shape index (κ3) is 1.16. The molecule has 0 aliphatic rings. The Bertz CT molecular complexity index is 297. The van der Waals surface area contributed by atoms with Crippen LogP contribution in [0.3, 0.4) is 0 Å². The second-order valence-corrected chi connectivity index (χ2v) is 1.59. The maximum atomic E-state index is 12.5. The van der Waals surface area contributed by atoms with Gasteiger partial charge in [-0.1, -0.05) is 0 Å². The van der Waals surface area contributed by atoms with Crippen molar-refractivity contribution in [2.45, 2.75) is 6.85 Å². The molecule has 48 valence electrons. The Morgan fingerprint density at radius 2 is 2.67 bits per heavy atom. The van der Waals surface area contributed by atoms with Gasteiger partial charge < -0.3 is 5.73 Å². The van der Waals surface area contributed by atoms with Gasteiger partial charge in [0.05, 0.1) is 11.9 Å². The van der Waals surface area contributed by atoms with Crippen LogP contribution in [-0.4, -0.2) is 4.98 Å². The minimum Gasteiger partial charge on any atom is -0.397 e. The first-order chi connectivity index (χ1) is 5.41. The van der Waals surface area contributed by atoms with E-state index in [4.69, 9.17) is 9.85 Å². The minimum absolute atomic E-state index is 0.0172. The van der Waals surface area contributed by atoms with Crippen LogP contribution in [0.1, 0.15) is 9.68 Å². The molecule has 0 aromatic carbocycles. The van der Waals surface area contributed by atoms with Gasteiger partial charge in [-0.05, 0) is 18.5 Å². The van der Waals surface area contributed by atoms with Gasteiger partial charge in [0.15, 0.2) is 0 Å². The monoisotopic (exact) mass is 129 g/mol. The van der Waals surface area contributed by atoms with Crippen molar-refractivity contribution in [3.8, 4) is 0 Å². The Kier molecular flexibility index (Phi) is 0.704. The van der Waals surface area contributed by atoms with Gasteiger partial charge in [-0.3, -0.25) is 0 Å². The van der Waals surface area contributed by atoms with Crippen LogP contribution in [0.5, 0.6) is 0 Å². The number of anilines is 1. The zero-order chi connectivity index (χ0) is 9.35. The standard InChI is InChI=1S/C6H7FN2/c1-4-2-6(7)9-3-5(4)8/h2-3H,8H2,1H3/i1D3. The van der Waals surface area contributed by atoms with Crippen molar-refractivity contribution in [2.24, 2.45) is 0 Å². The van der Waals surface area contributed by atoms with E-state index in [1.54, 1.807) is 0 Å². The topological polar surface area (TPSA) is 38.9 Å². The number of hydrogen-bond acceptors (Lipinski definition) is 2. The van der Waals surface area contributed by atoms with E-state index in [2.05, 4.69) is 4.98 Å². The lowest BCUT2D eigenvalue weighted by Crippen LogP contribution is -1.92. The number of hydrogen-bond donors (Lipinski definition) is 1. The highest BCUT2D eigenvalue weighted by atomic mass is 19.1. The fraction of sp³-hybridized carbons (Fsp3) is 0.167. The van der Waals surface area contributed by atoms with Crippen molar-refractivity contribution in [1.82, 2.24) is 4.98 Å². The van der Waals surface area contributed by atoms with Crippen LogP contribution in [0.4, 0.5) is 10.1 Å². The van der Waals surface area contributed by atoms with Gasteiger partial charge in [-0.25, -0.2) is 4.98 Å². The molecule has 0 bridgehead atoms. The molecule has 0 aliphatic heterocycles. The van der Waals surface area contributed by atoms with Gasteiger partial charge in [0.1, 0.15) is 0 Å². The number of halogens is 1. The van der Waals surface area contributed by atoms with Crippen molar-refractivity contribution in [3.63, 3.8) is 0 Å². The van der Waals surface area contributed by atoms with Crippen LogP contribution in [0.2, 0.25) is 0 Å². The van der Waals surface area contributed by atoms with Crippen LogP contribution in [-0.2, 0) is 0 Å². The van der Waals surface area contributed by atoms with Crippen molar-refractivity contribution < 1.29 is 8.50 Å². The molecule has 1 aromatic heterocycles. The predicted molar refractivity (Wildman–Crippen MR) is 33.3 cm³/mol. The first-order valence-electron chi connectivity index (χ1n) is 3.83. The Hall–Kier alpha value is -1.12. The number of nitrogen functional groups attached to an aromatic ring is 1. The zero-order valence-corrected chi connectivity index (χ0v) is 4.56. The molecule has 0 fully saturated rings. The molecule has 3 heteroatoms. The number of aromatic nitrogens is 1. The van der Waals surface area contributed by atoms with Gasteiger partial charge in [0, 0.05) is 4.11 Å². The summed E-state index contributed by atoms with van der Waals surface area (Å²) in [6, 6.07) is 0.822. The molecule has 0 saturated carbocycles. The summed E-state index contributed by atoms with van der Waals surface area (Å²) in [5.41, 5.74) is 5.07. The molecule has 1 heterocycles. The lowest BCUT2D eigenvalue weighted by molar-refractivity contribution is 0.583. The summed E-state index contributed by atoms with van der Waals surface area (Å²) < 4.78 is 33.4. The van der Waals surface area contributed by atoms with Crippen LogP contribution in [0.15, 0.2) is 12.3 Å². The molecule has 1 aromatic rings. The number of nitrogens with zero attached hydrogens (tertiary/aromatic N) is 1. The van der Waals surface area contributed by atoms with Gasteiger partial charge >= 0.3 is 0 Å². The molecule has 0 atom stereocenters. The van der Waals surface area contributed by atoms with Crippen molar-refractivity contribution in [1.29, 1.82) is 0 Å². The zero-order valence-electron chi connectivity index (χ0n) is 7.56. The summed E-state index contributed by atoms with van der Waals surface area (Å²) in [4.78, 5) is 3.21. The van der Waals surface area contributed by atoms with E-state index >= 15 is 0 Å². The van der Waals surface area contributed by atoms with Crippen molar-refractivity contribution in [2.75, 3.05) is 5.73 Å². The molecule has 0 amide bonds. The molecule has 0 saturated heterocycles. The van der Waals surface area contributed by atoms with Gasteiger partial charge in [0.25, 0.3) is 0 Å².